The number of nitrogens with one attached hydrogen (secondary N) is 1. The maximum absolute atomic E-state index is 12.5. The molecule has 32 heavy (non-hydrogen) atoms. The topological polar surface area (TPSA) is 46.9 Å². The first-order valence-corrected chi connectivity index (χ1v) is 11.8. The summed E-state index contributed by atoms with van der Waals surface area (Å²) in [6.45, 7) is 2.04. The lowest BCUT2D eigenvalue weighted by Crippen LogP contribution is -2.14. The second kappa shape index (κ2) is 10.0. The second-order valence-corrected chi connectivity index (χ2v) is 9.26. The van der Waals surface area contributed by atoms with Gasteiger partial charge >= 0.3 is 0 Å². The van der Waals surface area contributed by atoms with E-state index in [1.807, 2.05) is 47.9 Å². The van der Waals surface area contributed by atoms with Gasteiger partial charge in [0, 0.05) is 22.0 Å². The smallest absolute Gasteiger partial charge is 0.234 e. The molecular formula is C24H18Cl3N3OS. The number of halogens is 3. The minimum absolute atomic E-state index is 0.133. The van der Waals surface area contributed by atoms with Crippen molar-refractivity contribution < 1.29 is 4.79 Å². The van der Waals surface area contributed by atoms with Gasteiger partial charge in [-0.15, -0.1) is 0 Å². The molecule has 0 saturated heterocycles. The minimum Gasteiger partial charge on any atom is -0.325 e. The Hall–Kier alpha value is -2.44. The fourth-order valence-corrected chi connectivity index (χ4v) is 4.32. The van der Waals surface area contributed by atoms with Gasteiger partial charge in [0.25, 0.3) is 0 Å². The quantitative estimate of drug-likeness (QED) is 0.277. The molecular weight excluding hydrogens is 485 g/mol. The van der Waals surface area contributed by atoms with Gasteiger partial charge in [0.15, 0.2) is 5.16 Å². The number of hydrogen-bond acceptors (Lipinski definition) is 3. The van der Waals surface area contributed by atoms with Crippen LogP contribution in [0.25, 0.3) is 16.9 Å². The summed E-state index contributed by atoms with van der Waals surface area (Å²) in [5.41, 5.74) is 4.52. The summed E-state index contributed by atoms with van der Waals surface area (Å²) < 4.78 is 2.01. The molecule has 0 radical (unpaired) electrons. The van der Waals surface area contributed by atoms with Crippen LogP contribution in [-0.2, 0) is 4.79 Å². The van der Waals surface area contributed by atoms with Crippen LogP contribution in [0.15, 0.2) is 78.1 Å². The fourth-order valence-electron chi connectivity index (χ4n) is 3.10. The van der Waals surface area contributed by atoms with Crippen LogP contribution < -0.4 is 5.32 Å². The number of rotatable bonds is 6. The van der Waals surface area contributed by atoms with Crippen LogP contribution in [-0.4, -0.2) is 21.2 Å². The summed E-state index contributed by atoms with van der Waals surface area (Å²) in [6, 6.07) is 20.6. The van der Waals surface area contributed by atoms with E-state index in [0.717, 1.165) is 22.5 Å². The zero-order valence-corrected chi connectivity index (χ0v) is 20.1. The van der Waals surface area contributed by atoms with Crippen LogP contribution in [0.4, 0.5) is 5.69 Å². The maximum Gasteiger partial charge on any atom is 0.234 e. The van der Waals surface area contributed by atoms with Crippen molar-refractivity contribution in [3.63, 3.8) is 0 Å². The highest BCUT2D eigenvalue weighted by molar-refractivity contribution is 7.99. The predicted octanol–water partition coefficient (Wildman–Crippen LogP) is 7.54. The van der Waals surface area contributed by atoms with E-state index >= 15 is 0 Å². The van der Waals surface area contributed by atoms with Gasteiger partial charge in [-0.3, -0.25) is 9.36 Å². The van der Waals surface area contributed by atoms with Gasteiger partial charge in [-0.25, -0.2) is 4.98 Å². The molecule has 4 aromatic rings. The molecule has 0 bridgehead atoms. The van der Waals surface area contributed by atoms with Gasteiger partial charge < -0.3 is 5.32 Å². The van der Waals surface area contributed by atoms with E-state index in [4.69, 9.17) is 34.8 Å². The highest BCUT2D eigenvalue weighted by Gasteiger charge is 2.16. The third kappa shape index (κ3) is 5.30. The standard InChI is InChI=1S/C24H18Cl3N3OS/c1-15-2-9-19(10-3-15)30-22(16-4-11-20(26)21(27)12-16)13-28-24(30)32-14-23(31)29-18-7-5-17(25)6-8-18/h2-13H,14H2,1H3,(H,29,31). The van der Waals surface area contributed by atoms with E-state index in [1.54, 1.807) is 36.5 Å². The number of aryl methyl sites for hydroxylation is 1. The van der Waals surface area contributed by atoms with Gasteiger partial charge in [0.1, 0.15) is 0 Å². The highest BCUT2D eigenvalue weighted by atomic mass is 35.5. The van der Waals surface area contributed by atoms with Crippen LogP contribution in [0.1, 0.15) is 5.56 Å². The molecule has 0 unspecified atom stereocenters. The highest BCUT2D eigenvalue weighted by Crippen LogP contribution is 2.33. The van der Waals surface area contributed by atoms with Crippen molar-refractivity contribution in [3.8, 4) is 16.9 Å². The Morgan fingerprint density at radius 3 is 2.38 bits per heavy atom. The van der Waals surface area contributed by atoms with E-state index in [2.05, 4.69) is 10.3 Å². The average molecular weight is 503 g/mol. The van der Waals surface area contributed by atoms with Crippen molar-refractivity contribution in [1.29, 1.82) is 0 Å². The predicted molar refractivity (Wildman–Crippen MR) is 135 cm³/mol. The molecule has 1 N–H and O–H groups in total. The Morgan fingerprint density at radius 1 is 0.969 bits per heavy atom. The third-order valence-electron chi connectivity index (χ3n) is 4.70. The molecule has 8 heteroatoms. The Morgan fingerprint density at radius 2 is 1.69 bits per heavy atom. The Kier molecular flexibility index (Phi) is 7.11. The van der Waals surface area contributed by atoms with Crippen molar-refractivity contribution in [3.05, 3.63) is 93.6 Å². The normalized spacial score (nSPS) is 10.9. The SMILES string of the molecule is Cc1ccc(-n2c(-c3ccc(Cl)c(Cl)c3)cnc2SCC(=O)Nc2ccc(Cl)cc2)cc1. The van der Waals surface area contributed by atoms with Crippen molar-refractivity contribution in [1.82, 2.24) is 9.55 Å². The first-order valence-electron chi connectivity index (χ1n) is 9.69. The molecule has 0 aliphatic heterocycles. The number of hydrogen-bond donors (Lipinski definition) is 1. The van der Waals surface area contributed by atoms with Crippen molar-refractivity contribution >= 4 is 58.2 Å². The number of anilines is 1. The van der Waals surface area contributed by atoms with E-state index < -0.39 is 0 Å². The summed E-state index contributed by atoms with van der Waals surface area (Å²) in [7, 11) is 0. The maximum atomic E-state index is 12.5. The molecule has 0 atom stereocenters. The molecule has 1 amide bonds. The summed E-state index contributed by atoms with van der Waals surface area (Å²) >= 11 is 19.6. The Bertz CT molecular complexity index is 1250. The summed E-state index contributed by atoms with van der Waals surface area (Å²) in [5.74, 6) is 0.0682. The van der Waals surface area contributed by atoms with Gasteiger partial charge in [-0.05, 0) is 55.5 Å². The number of thioether (sulfide) groups is 1. The zero-order valence-electron chi connectivity index (χ0n) is 17.0. The van der Waals surface area contributed by atoms with E-state index in [1.165, 1.54) is 11.8 Å². The van der Waals surface area contributed by atoms with Crippen molar-refractivity contribution in [2.24, 2.45) is 0 Å². The van der Waals surface area contributed by atoms with Gasteiger partial charge in [-0.2, -0.15) is 0 Å². The number of nitrogens with zero attached hydrogens (tertiary/aromatic N) is 2. The Balaban J connectivity index is 1.62. The number of imidazole rings is 1. The first kappa shape index (κ1) is 22.7. The lowest BCUT2D eigenvalue weighted by atomic mass is 10.1. The van der Waals surface area contributed by atoms with Crippen LogP contribution >= 0.6 is 46.6 Å². The summed E-state index contributed by atoms with van der Waals surface area (Å²) in [6.07, 6.45) is 1.78. The third-order valence-corrected chi connectivity index (χ3v) is 6.64. The molecule has 4 nitrogen and oxygen atoms in total. The van der Waals surface area contributed by atoms with Gasteiger partial charge in [0.2, 0.25) is 5.91 Å². The largest absolute Gasteiger partial charge is 0.325 e. The van der Waals surface area contributed by atoms with Crippen molar-refractivity contribution in [2.45, 2.75) is 12.1 Å². The molecule has 0 fully saturated rings. The van der Waals surface area contributed by atoms with Crippen LogP contribution in [0.3, 0.4) is 0 Å². The first-order chi connectivity index (χ1) is 15.4. The van der Waals surface area contributed by atoms with Gasteiger partial charge in [0.05, 0.1) is 27.7 Å². The van der Waals surface area contributed by atoms with E-state index in [-0.39, 0.29) is 11.7 Å². The second-order valence-electron chi connectivity index (χ2n) is 7.07. The molecule has 1 aromatic heterocycles. The van der Waals surface area contributed by atoms with Crippen LogP contribution in [0.5, 0.6) is 0 Å². The number of carbonyl (C=O) groups excluding carboxylic acids is 1. The lowest BCUT2D eigenvalue weighted by molar-refractivity contribution is -0.113. The number of amides is 1. The molecule has 0 saturated carbocycles. The van der Waals surface area contributed by atoms with Crippen molar-refractivity contribution in [2.75, 3.05) is 11.1 Å². The molecule has 162 valence electrons. The average Bonchev–Trinajstić information content (AvgIpc) is 3.20. The summed E-state index contributed by atoms with van der Waals surface area (Å²) in [4.78, 5) is 17.1. The van der Waals surface area contributed by atoms with Crippen LogP contribution in [0, 0.1) is 6.92 Å². The van der Waals surface area contributed by atoms with Crippen LogP contribution in [0.2, 0.25) is 15.1 Å². The zero-order chi connectivity index (χ0) is 22.7. The Labute approximate surface area is 205 Å². The van der Waals surface area contributed by atoms with E-state index in [0.29, 0.717) is 25.9 Å². The molecule has 0 spiro atoms. The molecule has 0 aliphatic rings. The number of aromatic nitrogens is 2. The fraction of sp³-hybridized carbons (Fsp3) is 0.0833. The minimum atomic E-state index is -0.133. The van der Waals surface area contributed by atoms with Gasteiger partial charge in [-0.1, -0.05) is 70.3 Å². The molecule has 3 aromatic carbocycles. The monoisotopic (exact) mass is 501 g/mol. The number of benzene rings is 3. The molecule has 4 rings (SSSR count). The number of carbonyl (C=O) groups is 1. The summed E-state index contributed by atoms with van der Waals surface area (Å²) in [5, 5.41) is 5.14. The molecule has 0 aliphatic carbocycles. The molecule has 1 heterocycles. The lowest BCUT2D eigenvalue weighted by Gasteiger charge is -2.13. The van der Waals surface area contributed by atoms with E-state index in [9.17, 15) is 4.79 Å².